The van der Waals surface area contributed by atoms with Crippen LogP contribution in [0, 0.1) is 13.8 Å². The van der Waals surface area contributed by atoms with Gasteiger partial charge in [-0.1, -0.05) is 66.7 Å². The second-order valence-corrected chi connectivity index (χ2v) is 9.40. The predicted molar refractivity (Wildman–Crippen MR) is 151 cm³/mol. The predicted octanol–water partition coefficient (Wildman–Crippen LogP) is 5.86. The quantitative estimate of drug-likeness (QED) is 0.210. The Bertz CT molecular complexity index is 1390. The minimum atomic E-state index is -1.97. The third-order valence-electron chi connectivity index (χ3n) is 6.55. The summed E-state index contributed by atoms with van der Waals surface area (Å²) in [5.74, 6) is 0.0978. The third-order valence-corrected chi connectivity index (χ3v) is 6.55. The summed E-state index contributed by atoms with van der Waals surface area (Å²) in [4.78, 5) is 22.1. The fourth-order valence-electron chi connectivity index (χ4n) is 4.70. The van der Waals surface area contributed by atoms with Gasteiger partial charge < -0.3 is 24.1 Å². The Hall–Kier alpha value is -4.43. The lowest BCUT2D eigenvalue weighted by Crippen LogP contribution is -2.48. The van der Waals surface area contributed by atoms with Gasteiger partial charge in [-0.2, -0.15) is 0 Å². The van der Waals surface area contributed by atoms with Gasteiger partial charge in [-0.25, -0.2) is 14.8 Å². The van der Waals surface area contributed by atoms with Crippen LogP contribution in [-0.4, -0.2) is 41.9 Å². The summed E-state index contributed by atoms with van der Waals surface area (Å²) in [7, 11) is 3.20. The van der Waals surface area contributed by atoms with Gasteiger partial charge >= 0.3 is 12.0 Å². The Labute approximate surface area is 234 Å². The molecule has 0 saturated carbocycles. The number of carbonyl (C=O) groups is 1. The highest BCUT2D eigenvalue weighted by Crippen LogP contribution is 2.42. The molecule has 4 aromatic rings. The van der Waals surface area contributed by atoms with Crippen LogP contribution in [0.15, 0.2) is 84.9 Å². The Kier molecular flexibility index (Phi) is 9.35. The first-order valence-electron chi connectivity index (χ1n) is 13.0. The van der Waals surface area contributed by atoms with Crippen molar-refractivity contribution in [1.29, 1.82) is 0 Å². The van der Waals surface area contributed by atoms with E-state index in [0.717, 1.165) is 5.56 Å². The topological polar surface area (TPSA) is 100 Å². The van der Waals surface area contributed by atoms with Crippen LogP contribution in [-0.2, 0) is 21.6 Å². The average molecular weight is 543 g/mol. The Morgan fingerprint density at radius 1 is 0.850 bits per heavy atom. The van der Waals surface area contributed by atoms with Crippen LogP contribution in [0.2, 0.25) is 0 Å². The molecule has 0 aliphatic heterocycles. The molecule has 8 nitrogen and oxygen atoms in total. The number of methoxy groups -OCH3 is 2. The fraction of sp³-hybridized carbons (Fsp3) is 0.281. The zero-order chi connectivity index (χ0) is 28.5. The van der Waals surface area contributed by atoms with Crippen molar-refractivity contribution < 1.29 is 28.8 Å². The van der Waals surface area contributed by atoms with Gasteiger partial charge in [-0.3, -0.25) is 0 Å². The van der Waals surface area contributed by atoms with Gasteiger partial charge in [0, 0.05) is 23.6 Å². The molecule has 0 radical (unpaired) electrons. The van der Waals surface area contributed by atoms with Crippen molar-refractivity contribution in [2.75, 3.05) is 20.8 Å². The number of ether oxygens (including phenoxy) is 4. The molecule has 3 aromatic carbocycles. The molecule has 1 heterocycles. The van der Waals surface area contributed by atoms with E-state index in [1.165, 1.54) is 0 Å². The maximum atomic E-state index is 13.3. The number of carboxylic acid groups (broad SMARTS) is 1. The molecule has 208 valence electrons. The Morgan fingerprint density at radius 3 is 2.08 bits per heavy atom. The van der Waals surface area contributed by atoms with E-state index in [1.54, 1.807) is 44.6 Å². The lowest BCUT2D eigenvalue weighted by Gasteiger charge is -2.37. The molecule has 2 unspecified atom stereocenters. The van der Waals surface area contributed by atoms with Crippen LogP contribution < -0.4 is 14.2 Å². The van der Waals surface area contributed by atoms with Gasteiger partial charge in [0.2, 0.25) is 0 Å². The summed E-state index contributed by atoms with van der Waals surface area (Å²) in [6, 6.07) is 25.6. The molecule has 1 N–H and O–H groups in total. The zero-order valence-corrected chi connectivity index (χ0v) is 23.2. The SMILES string of the molecule is COc1ccc(CCCOC(c2ccccc2)C(Oc2nc(C)cc(C)n2)(C(=O)O)c2ccccc2)cc1OC. The number of aryl methyl sites for hydroxylation is 3. The molecule has 0 saturated heterocycles. The van der Waals surface area contributed by atoms with Crippen molar-refractivity contribution in [3.05, 3.63) is 113 Å². The first-order valence-corrected chi connectivity index (χ1v) is 13.0. The molecule has 0 fully saturated rings. The first-order chi connectivity index (χ1) is 19.4. The standard InChI is InChI=1S/C32H34N2O6/c1-22-20-23(2)34-31(33-22)40-32(30(35)36,26-15-9-6-10-16-26)29(25-13-7-5-8-14-25)39-19-11-12-24-17-18-27(37-3)28(21-24)38-4/h5-10,13-18,20-21,29H,11-12,19H2,1-4H3,(H,35,36). The van der Waals surface area contributed by atoms with E-state index >= 15 is 0 Å². The van der Waals surface area contributed by atoms with E-state index < -0.39 is 17.7 Å². The maximum Gasteiger partial charge on any atom is 0.356 e. The highest BCUT2D eigenvalue weighted by atomic mass is 16.6. The van der Waals surface area contributed by atoms with Gasteiger partial charge in [0.1, 0.15) is 6.10 Å². The van der Waals surface area contributed by atoms with E-state index in [4.69, 9.17) is 18.9 Å². The number of benzene rings is 3. The summed E-state index contributed by atoms with van der Waals surface area (Å²) < 4.78 is 23.5. The lowest BCUT2D eigenvalue weighted by molar-refractivity contribution is -0.176. The van der Waals surface area contributed by atoms with Crippen LogP contribution in [0.3, 0.4) is 0 Å². The monoisotopic (exact) mass is 542 g/mol. The van der Waals surface area contributed by atoms with Crippen molar-refractivity contribution >= 4 is 5.97 Å². The number of aromatic nitrogens is 2. The van der Waals surface area contributed by atoms with Crippen molar-refractivity contribution in [2.24, 2.45) is 0 Å². The summed E-state index contributed by atoms with van der Waals surface area (Å²) in [6.45, 7) is 3.89. The number of aliphatic carboxylic acids is 1. The van der Waals surface area contributed by atoms with Crippen molar-refractivity contribution in [2.45, 2.75) is 38.4 Å². The molecule has 4 rings (SSSR count). The zero-order valence-electron chi connectivity index (χ0n) is 23.2. The summed E-state index contributed by atoms with van der Waals surface area (Å²) in [6.07, 6.45) is 0.306. The third kappa shape index (κ3) is 6.40. The molecular formula is C32H34N2O6. The number of nitrogens with zero attached hydrogens (tertiary/aromatic N) is 2. The molecule has 0 aliphatic carbocycles. The van der Waals surface area contributed by atoms with E-state index in [1.807, 2.05) is 68.4 Å². The second-order valence-electron chi connectivity index (χ2n) is 9.40. The normalized spacial score (nSPS) is 13.2. The smallest absolute Gasteiger partial charge is 0.356 e. The number of rotatable bonds is 13. The van der Waals surface area contributed by atoms with E-state index in [0.29, 0.717) is 46.9 Å². The molecule has 0 spiro atoms. The highest BCUT2D eigenvalue weighted by Gasteiger charge is 2.53. The van der Waals surface area contributed by atoms with Crippen LogP contribution in [0.1, 0.15) is 40.6 Å². The summed E-state index contributed by atoms with van der Waals surface area (Å²) in [5, 5.41) is 10.9. The van der Waals surface area contributed by atoms with Crippen LogP contribution in [0.4, 0.5) is 0 Å². The average Bonchev–Trinajstić information content (AvgIpc) is 2.96. The fourth-order valence-corrected chi connectivity index (χ4v) is 4.70. The van der Waals surface area contributed by atoms with Gasteiger partial charge in [-0.05, 0) is 56.0 Å². The van der Waals surface area contributed by atoms with E-state index in [9.17, 15) is 9.90 Å². The molecule has 0 aliphatic rings. The number of hydrogen-bond donors (Lipinski definition) is 1. The van der Waals surface area contributed by atoms with Gasteiger partial charge in [0.25, 0.3) is 5.60 Å². The van der Waals surface area contributed by atoms with Crippen molar-refractivity contribution in [3.8, 4) is 17.5 Å². The number of carboxylic acids is 1. The summed E-state index contributed by atoms with van der Waals surface area (Å²) in [5.41, 5.74) is 1.49. The largest absolute Gasteiger partial charge is 0.493 e. The van der Waals surface area contributed by atoms with Crippen LogP contribution in [0.5, 0.6) is 17.5 Å². The summed E-state index contributed by atoms with van der Waals surface area (Å²) >= 11 is 0. The van der Waals surface area contributed by atoms with Crippen LogP contribution in [0.25, 0.3) is 0 Å². The highest BCUT2D eigenvalue weighted by molar-refractivity contribution is 5.81. The molecular weight excluding hydrogens is 508 g/mol. The lowest BCUT2D eigenvalue weighted by atomic mass is 9.84. The maximum absolute atomic E-state index is 13.3. The van der Waals surface area contributed by atoms with E-state index in [-0.39, 0.29) is 12.6 Å². The second kappa shape index (κ2) is 13.1. The molecule has 1 aromatic heterocycles. The van der Waals surface area contributed by atoms with Gasteiger partial charge in [-0.15, -0.1) is 0 Å². The minimum absolute atomic E-state index is 0.0291. The molecule has 0 amide bonds. The van der Waals surface area contributed by atoms with Crippen molar-refractivity contribution in [3.63, 3.8) is 0 Å². The van der Waals surface area contributed by atoms with E-state index in [2.05, 4.69) is 9.97 Å². The molecule has 2 atom stereocenters. The van der Waals surface area contributed by atoms with Gasteiger partial charge in [0.05, 0.1) is 14.2 Å². The number of hydrogen-bond acceptors (Lipinski definition) is 7. The Balaban J connectivity index is 1.70. The van der Waals surface area contributed by atoms with Crippen molar-refractivity contribution in [1.82, 2.24) is 9.97 Å². The molecule has 8 heteroatoms. The van der Waals surface area contributed by atoms with Gasteiger partial charge in [0.15, 0.2) is 11.5 Å². The molecule has 40 heavy (non-hydrogen) atoms. The molecule has 0 bridgehead atoms. The first kappa shape index (κ1) is 28.6. The van der Waals surface area contributed by atoms with Crippen LogP contribution >= 0.6 is 0 Å². The Morgan fingerprint density at radius 2 is 1.48 bits per heavy atom. The minimum Gasteiger partial charge on any atom is -0.493 e.